The fourth-order valence-corrected chi connectivity index (χ4v) is 7.67. The van der Waals surface area contributed by atoms with Crippen LogP contribution in [0, 0.1) is 5.41 Å². The number of benzene rings is 2. The van der Waals surface area contributed by atoms with Crippen LogP contribution >= 0.6 is 0 Å². The molecule has 0 N–H and O–H groups in total. The molecular formula is C29H39N3O5SSi. The largest absolute Gasteiger partial charge is 0.481 e. The first kappa shape index (κ1) is 28.9. The Balaban J connectivity index is 1.93. The van der Waals surface area contributed by atoms with Gasteiger partial charge in [0.25, 0.3) is 10.0 Å². The lowest BCUT2D eigenvalue weighted by Crippen LogP contribution is -2.49. The molecule has 0 amide bonds. The van der Waals surface area contributed by atoms with Gasteiger partial charge in [0.2, 0.25) is 11.8 Å². The second kappa shape index (κ2) is 10.5. The number of para-hydroxylation sites is 1. The van der Waals surface area contributed by atoms with E-state index in [-0.39, 0.29) is 16.2 Å². The molecule has 2 atom stereocenters. The van der Waals surface area contributed by atoms with Crippen LogP contribution in [0.2, 0.25) is 0 Å². The van der Waals surface area contributed by atoms with Gasteiger partial charge < -0.3 is 18.5 Å². The van der Waals surface area contributed by atoms with Gasteiger partial charge in [-0.25, -0.2) is 8.42 Å². The quantitative estimate of drug-likeness (QED) is 0.269. The fourth-order valence-electron chi connectivity index (χ4n) is 5.21. The van der Waals surface area contributed by atoms with Gasteiger partial charge in [-0.05, 0) is 56.0 Å². The summed E-state index contributed by atoms with van der Waals surface area (Å²) in [6, 6.07) is 16.2. The Kier molecular flexibility index (Phi) is 7.77. The molecule has 0 aliphatic heterocycles. The van der Waals surface area contributed by atoms with Crippen LogP contribution in [-0.4, -0.2) is 54.3 Å². The lowest BCUT2D eigenvalue weighted by atomic mass is 9.74. The fraction of sp³-hybridized carbons (Fsp3) is 0.414. The number of fused-ring (bicyclic) bond motifs is 3. The summed E-state index contributed by atoms with van der Waals surface area (Å²) in [6.45, 7) is 10.3. The van der Waals surface area contributed by atoms with Crippen molar-refractivity contribution in [1.29, 1.82) is 0 Å². The molecule has 0 aliphatic rings. The maximum absolute atomic E-state index is 14.6. The molecule has 4 aromatic rings. The zero-order valence-electron chi connectivity index (χ0n) is 24.3. The van der Waals surface area contributed by atoms with E-state index in [0.29, 0.717) is 28.5 Å². The van der Waals surface area contributed by atoms with Crippen LogP contribution in [0.15, 0.2) is 59.5 Å². The Hall–Kier alpha value is -3.08. The van der Waals surface area contributed by atoms with E-state index in [4.69, 9.17) is 13.9 Å². The molecule has 0 bridgehead atoms. The van der Waals surface area contributed by atoms with Crippen LogP contribution in [0.3, 0.4) is 0 Å². The maximum Gasteiger partial charge on any atom is 0.264 e. The first-order valence-electron chi connectivity index (χ1n) is 12.9. The lowest BCUT2D eigenvalue weighted by Gasteiger charge is -2.45. The number of ether oxygens (including phenoxy) is 2. The van der Waals surface area contributed by atoms with Gasteiger partial charge >= 0.3 is 0 Å². The predicted molar refractivity (Wildman–Crippen MR) is 160 cm³/mol. The minimum absolute atomic E-state index is 0.167. The highest BCUT2D eigenvalue weighted by Gasteiger charge is 2.42. The Morgan fingerprint density at radius 3 is 2.26 bits per heavy atom. The van der Waals surface area contributed by atoms with E-state index in [1.165, 1.54) is 18.5 Å². The zero-order valence-corrected chi connectivity index (χ0v) is 27.1. The molecule has 0 aliphatic carbocycles. The van der Waals surface area contributed by atoms with Crippen molar-refractivity contribution in [2.75, 3.05) is 18.5 Å². The van der Waals surface area contributed by atoms with E-state index in [0.717, 1.165) is 21.8 Å². The van der Waals surface area contributed by atoms with Gasteiger partial charge in [0.1, 0.15) is 16.2 Å². The van der Waals surface area contributed by atoms with E-state index < -0.39 is 21.7 Å². The van der Waals surface area contributed by atoms with Gasteiger partial charge in [0.15, 0.2) is 0 Å². The highest BCUT2D eigenvalue weighted by atomic mass is 32.2. The van der Waals surface area contributed by atoms with Gasteiger partial charge in [-0.2, -0.15) is 4.98 Å². The molecule has 0 spiro atoms. The zero-order chi connectivity index (χ0) is 28.8. The van der Waals surface area contributed by atoms with E-state index in [2.05, 4.69) is 30.3 Å². The van der Waals surface area contributed by atoms with Crippen LogP contribution < -0.4 is 13.8 Å². The number of aryl methyl sites for hydroxylation is 1. The number of pyridine rings is 1. The van der Waals surface area contributed by atoms with Crippen molar-refractivity contribution in [1.82, 2.24) is 9.55 Å². The van der Waals surface area contributed by atoms with Crippen LogP contribution in [0.1, 0.15) is 41.0 Å². The predicted octanol–water partition coefficient (Wildman–Crippen LogP) is 4.82. The smallest absolute Gasteiger partial charge is 0.264 e. The molecule has 0 saturated heterocycles. The summed E-state index contributed by atoms with van der Waals surface area (Å²) in [4.78, 5) is 4.60. The Labute approximate surface area is 234 Å². The number of rotatable bonds is 9. The van der Waals surface area contributed by atoms with E-state index >= 15 is 0 Å². The van der Waals surface area contributed by atoms with E-state index in [1.807, 2.05) is 51.2 Å². The summed E-state index contributed by atoms with van der Waals surface area (Å²) in [6.07, 6.45) is 0.463. The Morgan fingerprint density at radius 2 is 1.64 bits per heavy atom. The highest BCUT2D eigenvalue weighted by Crippen LogP contribution is 2.42. The topological polar surface area (TPSA) is 82.9 Å². The second-order valence-corrected chi connectivity index (χ2v) is 13.4. The summed E-state index contributed by atoms with van der Waals surface area (Å²) in [5.41, 5.74) is 1.57. The number of nitrogens with zero attached hydrogens (tertiary/aromatic N) is 3. The van der Waals surface area contributed by atoms with Gasteiger partial charge in [-0.3, -0.25) is 4.31 Å². The number of anilines is 1. The number of hydrogen-bond acceptors (Lipinski definition) is 6. The van der Waals surface area contributed by atoms with E-state index in [9.17, 15) is 8.42 Å². The number of methoxy groups -OCH3 is 2. The third kappa shape index (κ3) is 5.01. The van der Waals surface area contributed by atoms with Crippen molar-refractivity contribution in [3.8, 4) is 11.8 Å². The normalized spacial score (nSPS) is 14.9. The Bertz CT molecular complexity index is 1610. The van der Waals surface area contributed by atoms with Crippen LogP contribution in [-0.2, 0) is 21.5 Å². The van der Waals surface area contributed by atoms with Crippen molar-refractivity contribution in [3.05, 3.63) is 54.6 Å². The average Bonchev–Trinajstić information content (AvgIpc) is 3.19. The highest BCUT2D eigenvalue weighted by molar-refractivity contribution is 7.92. The molecule has 10 heteroatoms. The van der Waals surface area contributed by atoms with Crippen molar-refractivity contribution in [2.45, 2.75) is 57.6 Å². The molecule has 0 fully saturated rings. The second-order valence-electron chi connectivity index (χ2n) is 11.2. The first-order chi connectivity index (χ1) is 18.3. The number of hydrogen-bond donors (Lipinski definition) is 0. The van der Waals surface area contributed by atoms with E-state index in [1.54, 1.807) is 24.3 Å². The molecule has 8 nitrogen and oxygen atoms in total. The summed E-state index contributed by atoms with van der Waals surface area (Å²) in [5, 5.41) is 1.88. The van der Waals surface area contributed by atoms with Crippen molar-refractivity contribution >= 4 is 48.0 Å². The van der Waals surface area contributed by atoms with Gasteiger partial charge in [0.05, 0.1) is 24.7 Å². The van der Waals surface area contributed by atoms with Crippen molar-refractivity contribution < 1.29 is 22.3 Å². The third-order valence-corrected chi connectivity index (χ3v) is 10.8. The van der Waals surface area contributed by atoms with Crippen molar-refractivity contribution in [3.63, 3.8) is 0 Å². The number of aromatic nitrogens is 2. The van der Waals surface area contributed by atoms with Crippen molar-refractivity contribution in [2.24, 2.45) is 12.5 Å². The lowest BCUT2D eigenvalue weighted by molar-refractivity contribution is -0.0210. The molecule has 0 saturated carbocycles. The molecule has 4 rings (SSSR count). The third-order valence-electron chi connectivity index (χ3n) is 8.02. The van der Waals surface area contributed by atoms with Crippen LogP contribution in [0.5, 0.6) is 11.8 Å². The summed E-state index contributed by atoms with van der Waals surface area (Å²) in [5.74, 6) is 0.500. The summed E-state index contributed by atoms with van der Waals surface area (Å²) in [7, 11) is 1.43. The summed E-state index contributed by atoms with van der Waals surface area (Å²) >= 11 is 0. The first-order valence-corrected chi connectivity index (χ1v) is 15.2. The molecule has 2 aromatic carbocycles. The molecule has 2 heterocycles. The van der Waals surface area contributed by atoms with Crippen LogP contribution in [0.4, 0.5) is 5.69 Å². The van der Waals surface area contributed by atoms with Gasteiger partial charge in [-0.1, -0.05) is 39.0 Å². The summed E-state index contributed by atoms with van der Waals surface area (Å²) < 4.78 is 49.6. The SMILES string of the molecule is COc1ccc(N(C(C)CC(C)(O[SiH3])C(C)(C)C)S(=O)(=O)c2ccc3c(c2)c2ccccc2n3C)c(OC)n1. The minimum atomic E-state index is -4.06. The molecular weight excluding hydrogens is 530 g/mol. The molecule has 2 aromatic heterocycles. The van der Waals surface area contributed by atoms with Crippen LogP contribution in [0.25, 0.3) is 21.8 Å². The van der Waals surface area contributed by atoms with Gasteiger partial charge in [0, 0.05) is 41.0 Å². The molecule has 210 valence electrons. The average molecular weight is 570 g/mol. The monoisotopic (exact) mass is 569 g/mol. The molecule has 0 radical (unpaired) electrons. The molecule has 39 heavy (non-hydrogen) atoms. The number of sulfonamides is 1. The van der Waals surface area contributed by atoms with Gasteiger partial charge in [-0.15, -0.1) is 0 Å². The molecule has 2 unspecified atom stereocenters. The standard InChI is InChI=1S/C29H39N3O5SSi/c1-19(18-29(5,37-39)28(2,3)4)32(25-15-16-26(35-7)30-27(25)36-8)38(33,34)20-13-14-24-22(17-20)21-11-9-10-12-23(21)31(24)6/h9-17,19H,18H2,1-8,39H3. The maximum atomic E-state index is 14.6. The minimum Gasteiger partial charge on any atom is -0.481 e. The Morgan fingerprint density at radius 1 is 0.974 bits per heavy atom.